The molecule has 1 aliphatic heterocycles. The number of aryl methyl sites for hydroxylation is 2. The number of anilines is 1. The number of esters is 1. The maximum atomic E-state index is 13.0. The lowest BCUT2D eigenvalue weighted by molar-refractivity contribution is -0.144. The molecule has 1 unspecified atom stereocenters. The number of ether oxygens (including phenoxy) is 3. The molecule has 0 bridgehead atoms. The lowest BCUT2D eigenvalue weighted by atomic mass is 10.1. The summed E-state index contributed by atoms with van der Waals surface area (Å²) in [7, 11) is -2.24. The summed E-state index contributed by atoms with van der Waals surface area (Å²) in [5.41, 5.74) is 2.36. The van der Waals surface area contributed by atoms with Gasteiger partial charge in [0.05, 0.1) is 10.6 Å². The van der Waals surface area contributed by atoms with Crippen LogP contribution in [0.15, 0.2) is 71.6 Å². The van der Waals surface area contributed by atoms with Crippen molar-refractivity contribution in [3.05, 3.63) is 77.9 Å². The maximum absolute atomic E-state index is 13.0. The number of carbonyl (C=O) groups excluding carboxylic acids is 1. The van der Waals surface area contributed by atoms with E-state index in [9.17, 15) is 13.2 Å². The largest absolute Gasteiger partial charge is 0.485 e. The van der Waals surface area contributed by atoms with Crippen LogP contribution in [0.4, 0.5) is 5.69 Å². The average molecular weight is 454 g/mol. The Hall–Kier alpha value is -3.52. The molecule has 0 radical (unpaired) electrons. The van der Waals surface area contributed by atoms with Crippen LogP contribution in [0.25, 0.3) is 0 Å². The minimum atomic E-state index is -3.72. The predicted molar refractivity (Wildman–Crippen MR) is 120 cm³/mol. The Labute approximate surface area is 187 Å². The smallest absolute Gasteiger partial charge is 0.356 e. The molecule has 0 saturated heterocycles. The van der Waals surface area contributed by atoms with E-state index in [0.717, 1.165) is 11.1 Å². The number of para-hydroxylation sites is 2. The SMILES string of the molecule is Cc1ccc(S(=O)(=O)N(C)c2ccc(OC(=O)C3COc4ccccc4O3)cc2)cc1C. The van der Waals surface area contributed by atoms with Crippen molar-refractivity contribution in [1.82, 2.24) is 0 Å². The van der Waals surface area contributed by atoms with E-state index in [1.807, 2.05) is 19.9 Å². The average Bonchev–Trinajstić information content (AvgIpc) is 2.80. The van der Waals surface area contributed by atoms with Crippen LogP contribution in [0.2, 0.25) is 0 Å². The van der Waals surface area contributed by atoms with Crippen LogP contribution in [-0.4, -0.2) is 34.1 Å². The van der Waals surface area contributed by atoms with Gasteiger partial charge in [-0.15, -0.1) is 0 Å². The summed E-state index contributed by atoms with van der Waals surface area (Å²) in [5.74, 6) is 0.740. The lowest BCUT2D eigenvalue weighted by Crippen LogP contribution is -2.39. The number of hydrogen-bond donors (Lipinski definition) is 0. The Balaban J connectivity index is 1.45. The molecule has 0 aliphatic carbocycles. The van der Waals surface area contributed by atoms with Crippen molar-refractivity contribution in [3.8, 4) is 17.2 Å². The molecule has 3 aromatic carbocycles. The van der Waals surface area contributed by atoms with Gasteiger partial charge in [0.1, 0.15) is 12.4 Å². The molecule has 0 spiro atoms. The zero-order chi connectivity index (χ0) is 22.9. The number of nitrogens with zero attached hydrogens (tertiary/aromatic N) is 1. The third-order valence-electron chi connectivity index (χ3n) is 5.33. The number of sulfonamides is 1. The van der Waals surface area contributed by atoms with Gasteiger partial charge >= 0.3 is 5.97 Å². The highest BCUT2D eigenvalue weighted by Gasteiger charge is 2.29. The molecule has 4 rings (SSSR count). The first-order valence-electron chi connectivity index (χ1n) is 10.0. The number of hydrogen-bond acceptors (Lipinski definition) is 6. The molecule has 166 valence electrons. The van der Waals surface area contributed by atoms with Gasteiger partial charge in [0.15, 0.2) is 11.5 Å². The van der Waals surface area contributed by atoms with E-state index in [1.165, 1.54) is 23.5 Å². The van der Waals surface area contributed by atoms with Crippen LogP contribution in [0.3, 0.4) is 0 Å². The van der Waals surface area contributed by atoms with Crippen molar-refractivity contribution in [1.29, 1.82) is 0 Å². The monoisotopic (exact) mass is 453 g/mol. The molecule has 8 heteroatoms. The summed E-state index contributed by atoms with van der Waals surface area (Å²) in [4.78, 5) is 12.7. The fraction of sp³-hybridized carbons (Fsp3) is 0.208. The second-order valence-corrected chi connectivity index (χ2v) is 9.47. The third kappa shape index (κ3) is 4.27. The highest BCUT2D eigenvalue weighted by Crippen LogP contribution is 2.31. The minimum absolute atomic E-state index is 0.0465. The predicted octanol–water partition coefficient (Wildman–Crippen LogP) is 3.87. The van der Waals surface area contributed by atoms with Gasteiger partial charge in [-0.1, -0.05) is 18.2 Å². The summed E-state index contributed by atoms with van der Waals surface area (Å²) in [6.07, 6.45) is -0.891. The number of rotatable bonds is 5. The summed E-state index contributed by atoms with van der Waals surface area (Å²) in [6.45, 7) is 3.85. The molecule has 7 nitrogen and oxygen atoms in total. The molecule has 0 aromatic heterocycles. The number of benzene rings is 3. The van der Waals surface area contributed by atoms with E-state index in [1.54, 1.807) is 48.5 Å². The summed E-state index contributed by atoms with van der Waals surface area (Å²) in [6, 6.07) is 18.4. The van der Waals surface area contributed by atoms with Crippen molar-refractivity contribution in [2.24, 2.45) is 0 Å². The topological polar surface area (TPSA) is 82.1 Å². The zero-order valence-corrected chi connectivity index (χ0v) is 18.8. The minimum Gasteiger partial charge on any atom is -0.485 e. The fourth-order valence-electron chi connectivity index (χ4n) is 3.21. The maximum Gasteiger partial charge on any atom is 0.356 e. The molecule has 0 N–H and O–H groups in total. The van der Waals surface area contributed by atoms with Gasteiger partial charge in [0.25, 0.3) is 10.0 Å². The summed E-state index contributed by atoms with van der Waals surface area (Å²) in [5, 5.41) is 0. The Kier molecular flexibility index (Phi) is 5.80. The number of carbonyl (C=O) groups is 1. The van der Waals surface area contributed by atoms with Crippen LogP contribution >= 0.6 is 0 Å². The van der Waals surface area contributed by atoms with Crippen molar-refractivity contribution in [3.63, 3.8) is 0 Å². The second-order valence-electron chi connectivity index (χ2n) is 7.50. The normalized spacial score (nSPS) is 15.2. The van der Waals surface area contributed by atoms with E-state index in [2.05, 4.69) is 0 Å². The summed E-state index contributed by atoms with van der Waals surface area (Å²) >= 11 is 0. The Morgan fingerprint density at radius 3 is 2.34 bits per heavy atom. The van der Waals surface area contributed by atoms with Gasteiger partial charge < -0.3 is 14.2 Å². The van der Waals surface area contributed by atoms with E-state index < -0.39 is 22.1 Å². The molecule has 0 amide bonds. The van der Waals surface area contributed by atoms with Gasteiger partial charge in [-0.05, 0) is 73.5 Å². The zero-order valence-electron chi connectivity index (χ0n) is 17.9. The van der Waals surface area contributed by atoms with Gasteiger partial charge in [0, 0.05) is 7.05 Å². The molecule has 1 heterocycles. The van der Waals surface area contributed by atoms with Gasteiger partial charge in [-0.25, -0.2) is 13.2 Å². The van der Waals surface area contributed by atoms with Crippen molar-refractivity contribution >= 4 is 21.7 Å². The highest BCUT2D eigenvalue weighted by molar-refractivity contribution is 7.92. The first-order valence-corrected chi connectivity index (χ1v) is 11.5. The molecule has 32 heavy (non-hydrogen) atoms. The first kappa shape index (κ1) is 21.7. The van der Waals surface area contributed by atoms with E-state index in [0.29, 0.717) is 17.2 Å². The van der Waals surface area contributed by atoms with Crippen LogP contribution in [0, 0.1) is 13.8 Å². The Bertz CT molecular complexity index is 1250. The third-order valence-corrected chi connectivity index (χ3v) is 7.11. The quantitative estimate of drug-likeness (QED) is 0.431. The standard InChI is InChI=1S/C24H23NO6S/c1-16-8-13-20(14-17(16)2)32(27,28)25(3)18-9-11-19(12-10-18)30-24(26)23-15-29-21-6-4-5-7-22(21)31-23/h4-14,23H,15H2,1-3H3. The summed E-state index contributed by atoms with van der Waals surface area (Å²) < 4.78 is 43.7. The molecular formula is C24H23NO6S. The van der Waals surface area contributed by atoms with Gasteiger partial charge in [-0.2, -0.15) is 0 Å². The second kappa shape index (κ2) is 8.55. The van der Waals surface area contributed by atoms with Crippen LogP contribution in [0.1, 0.15) is 11.1 Å². The van der Waals surface area contributed by atoms with Crippen molar-refractivity contribution in [2.75, 3.05) is 18.0 Å². The molecule has 3 aromatic rings. The first-order chi connectivity index (χ1) is 15.3. The molecule has 0 fully saturated rings. The van der Waals surface area contributed by atoms with Gasteiger partial charge in [-0.3, -0.25) is 4.31 Å². The molecule has 0 saturated carbocycles. The molecule has 1 atom stereocenters. The van der Waals surface area contributed by atoms with Crippen LogP contribution in [-0.2, 0) is 14.8 Å². The van der Waals surface area contributed by atoms with E-state index in [4.69, 9.17) is 14.2 Å². The number of fused-ring (bicyclic) bond motifs is 1. The Morgan fingerprint density at radius 1 is 0.969 bits per heavy atom. The Morgan fingerprint density at radius 2 is 1.66 bits per heavy atom. The van der Waals surface area contributed by atoms with Crippen molar-refractivity contribution < 1.29 is 27.4 Å². The van der Waals surface area contributed by atoms with Crippen LogP contribution in [0.5, 0.6) is 17.2 Å². The highest BCUT2D eigenvalue weighted by atomic mass is 32.2. The fourth-order valence-corrected chi connectivity index (χ4v) is 4.49. The van der Waals surface area contributed by atoms with E-state index >= 15 is 0 Å². The van der Waals surface area contributed by atoms with Crippen LogP contribution < -0.4 is 18.5 Å². The van der Waals surface area contributed by atoms with Gasteiger partial charge in [0.2, 0.25) is 6.10 Å². The molecular weight excluding hydrogens is 430 g/mol. The lowest BCUT2D eigenvalue weighted by Gasteiger charge is -2.25. The molecule has 1 aliphatic rings. The van der Waals surface area contributed by atoms with Crippen molar-refractivity contribution in [2.45, 2.75) is 24.8 Å². The van der Waals surface area contributed by atoms with E-state index in [-0.39, 0.29) is 17.3 Å².